The van der Waals surface area contributed by atoms with Crippen molar-refractivity contribution in [3.63, 3.8) is 0 Å². The molecule has 3 atom stereocenters. The van der Waals surface area contributed by atoms with Gasteiger partial charge >= 0.3 is 0 Å². The number of pyridine rings is 1. The Bertz CT molecular complexity index is 350. The highest BCUT2D eigenvalue weighted by molar-refractivity contribution is 5.19. The van der Waals surface area contributed by atoms with Crippen molar-refractivity contribution in [2.45, 2.75) is 45.8 Å². The first-order valence-electron chi connectivity index (χ1n) is 6.41. The zero-order valence-corrected chi connectivity index (χ0v) is 10.6. The molecule has 3 heteroatoms. The van der Waals surface area contributed by atoms with Crippen LogP contribution in [0.4, 0.5) is 0 Å². The first-order chi connectivity index (χ1) is 8.19. The number of ether oxygens (including phenoxy) is 1. The van der Waals surface area contributed by atoms with E-state index in [1.54, 1.807) is 6.20 Å². The van der Waals surface area contributed by atoms with Gasteiger partial charge in [0.25, 0.3) is 0 Å². The largest absolute Gasteiger partial charge is 0.489 e. The van der Waals surface area contributed by atoms with Crippen LogP contribution in [-0.4, -0.2) is 16.2 Å². The molecule has 3 nitrogen and oxygen atoms in total. The Hall–Kier alpha value is -1.09. The maximum absolute atomic E-state index is 8.91. The monoisotopic (exact) mass is 235 g/mol. The lowest BCUT2D eigenvalue weighted by Gasteiger charge is -2.32. The summed E-state index contributed by atoms with van der Waals surface area (Å²) in [4.78, 5) is 4.12. The van der Waals surface area contributed by atoms with Crippen LogP contribution in [0.5, 0.6) is 5.75 Å². The van der Waals surface area contributed by atoms with Gasteiger partial charge in [0.1, 0.15) is 5.75 Å². The minimum Gasteiger partial charge on any atom is -0.489 e. The molecule has 0 spiro atoms. The van der Waals surface area contributed by atoms with Gasteiger partial charge in [0.15, 0.2) is 0 Å². The Balaban J connectivity index is 1.92. The average Bonchev–Trinajstić information content (AvgIpc) is 2.35. The molecule has 0 aliphatic heterocycles. The molecule has 1 fully saturated rings. The third-order valence-electron chi connectivity index (χ3n) is 3.81. The van der Waals surface area contributed by atoms with Crippen molar-refractivity contribution < 1.29 is 9.84 Å². The van der Waals surface area contributed by atoms with E-state index >= 15 is 0 Å². The van der Waals surface area contributed by atoms with Gasteiger partial charge in [0.05, 0.1) is 24.6 Å². The van der Waals surface area contributed by atoms with Crippen molar-refractivity contribution in [2.24, 2.45) is 11.8 Å². The smallest absolute Gasteiger partial charge is 0.138 e. The molecule has 1 aliphatic carbocycles. The van der Waals surface area contributed by atoms with E-state index < -0.39 is 0 Å². The zero-order chi connectivity index (χ0) is 12.3. The molecule has 1 aromatic rings. The minimum absolute atomic E-state index is 0.0156. The lowest BCUT2D eigenvalue weighted by molar-refractivity contribution is 0.100. The Morgan fingerprint density at radius 3 is 2.71 bits per heavy atom. The Morgan fingerprint density at radius 1 is 1.29 bits per heavy atom. The van der Waals surface area contributed by atoms with E-state index in [1.807, 2.05) is 12.1 Å². The standard InChI is InChI=1S/C14H21NO2/c1-10-3-5-13(7-11(10)2)17-14-6-4-12(9-16)15-8-14/h4,6,8,10-11,13,16H,3,5,7,9H2,1-2H3. The lowest BCUT2D eigenvalue weighted by atomic mass is 9.80. The van der Waals surface area contributed by atoms with E-state index in [2.05, 4.69) is 18.8 Å². The summed E-state index contributed by atoms with van der Waals surface area (Å²) in [5, 5.41) is 8.91. The summed E-state index contributed by atoms with van der Waals surface area (Å²) in [5.74, 6) is 2.36. The second-order valence-corrected chi connectivity index (χ2v) is 5.15. The van der Waals surface area contributed by atoms with Gasteiger partial charge < -0.3 is 9.84 Å². The molecule has 2 rings (SSSR count). The van der Waals surface area contributed by atoms with E-state index in [1.165, 1.54) is 6.42 Å². The van der Waals surface area contributed by atoms with E-state index in [0.717, 1.165) is 30.4 Å². The first kappa shape index (κ1) is 12.4. The quantitative estimate of drug-likeness (QED) is 0.876. The summed E-state index contributed by atoms with van der Waals surface area (Å²) in [6.45, 7) is 4.60. The van der Waals surface area contributed by atoms with Gasteiger partial charge in [0, 0.05) is 0 Å². The molecule has 17 heavy (non-hydrogen) atoms. The molecule has 1 heterocycles. The second-order valence-electron chi connectivity index (χ2n) is 5.15. The van der Waals surface area contributed by atoms with Crippen LogP contribution in [0.3, 0.4) is 0 Å². The zero-order valence-electron chi connectivity index (χ0n) is 10.6. The molecular weight excluding hydrogens is 214 g/mol. The van der Waals surface area contributed by atoms with Crippen LogP contribution in [0.2, 0.25) is 0 Å². The molecule has 1 aromatic heterocycles. The summed E-state index contributed by atoms with van der Waals surface area (Å²) in [6, 6.07) is 3.70. The van der Waals surface area contributed by atoms with Gasteiger partial charge in [-0.15, -0.1) is 0 Å². The molecule has 0 aromatic carbocycles. The Labute approximate surface area is 103 Å². The Kier molecular flexibility index (Phi) is 4.00. The number of aromatic nitrogens is 1. The van der Waals surface area contributed by atoms with E-state index in [-0.39, 0.29) is 6.61 Å². The van der Waals surface area contributed by atoms with Crippen molar-refractivity contribution in [2.75, 3.05) is 0 Å². The number of rotatable bonds is 3. The maximum Gasteiger partial charge on any atom is 0.138 e. The molecule has 94 valence electrons. The highest BCUT2D eigenvalue weighted by atomic mass is 16.5. The molecule has 3 unspecified atom stereocenters. The summed E-state index contributed by atoms with van der Waals surface area (Å²) in [7, 11) is 0. The number of aliphatic hydroxyl groups is 1. The second kappa shape index (κ2) is 5.50. The number of aliphatic hydroxyl groups excluding tert-OH is 1. The van der Waals surface area contributed by atoms with Crippen molar-refractivity contribution in [1.29, 1.82) is 0 Å². The van der Waals surface area contributed by atoms with Crippen LogP contribution in [0, 0.1) is 11.8 Å². The molecule has 0 saturated heterocycles. The fraction of sp³-hybridized carbons (Fsp3) is 0.643. The number of hydrogen-bond donors (Lipinski definition) is 1. The van der Waals surface area contributed by atoms with Crippen LogP contribution >= 0.6 is 0 Å². The topological polar surface area (TPSA) is 42.4 Å². The average molecular weight is 235 g/mol. The van der Waals surface area contributed by atoms with Crippen molar-refractivity contribution in [3.05, 3.63) is 24.0 Å². The van der Waals surface area contributed by atoms with Gasteiger partial charge in [-0.25, -0.2) is 0 Å². The summed E-state index contributed by atoms with van der Waals surface area (Å²) < 4.78 is 5.93. The predicted octanol–water partition coefficient (Wildman–Crippen LogP) is 2.78. The molecule has 0 radical (unpaired) electrons. The maximum atomic E-state index is 8.91. The highest BCUT2D eigenvalue weighted by Crippen LogP contribution is 2.31. The van der Waals surface area contributed by atoms with Gasteiger partial charge in [-0.2, -0.15) is 0 Å². The SMILES string of the molecule is CC1CCC(Oc2ccc(CO)nc2)CC1C. The van der Waals surface area contributed by atoms with Gasteiger partial charge in [-0.3, -0.25) is 4.98 Å². The van der Waals surface area contributed by atoms with Gasteiger partial charge in [-0.1, -0.05) is 13.8 Å². The molecular formula is C14H21NO2. The van der Waals surface area contributed by atoms with E-state index in [0.29, 0.717) is 11.8 Å². The van der Waals surface area contributed by atoms with Crippen LogP contribution < -0.4 is 4.74 Å². The van der Waals surface area contributed by atoms with E-state index in [4.69, 9.17) is 9.84 Å². The number of hydrogen-bond acceptors (Lipinski definition) is 3. The van der Waals surface area contributed by atoms with Gasteiger partial charge in [-0.05, 0) is 43.2 Å². The molecule has 1 aliphatic rings. The third-order valence-corrected chi connectivity index (χ3v) is 3.81. The minimum atomic E-state index is -0.0156. The van der Waals surface area contributed by atoms with Crippen LogP contribution in [-0.2, 0) is 6.61 Å². The first-order valence-corrected chi connectivity index (χ1v) is 6.41. The fourth-order valence-corrected chi connectivity index (χ4v) is 2.37. The summed E-state index contributed by atoms with van der Waals surface area (Å²) in [5.41, 5.74) is 0.683. The highest BCUT2D eigenvalue weighted by Gasteiger charge is 2.25. The van der Waals surface area contributed by atoms with E-state index in [9.17, 15) is 0 Å². The van der Waals surface area contributed by atoms with Crippen molar-refractivity contribution in [3.8, 4) is 5.75 Å². The van der Waals surface area contributed by atoms with Crippen molar-refractivity contribution >= 4 is 0 Å². The van der Waals surface area contributed by atoms with Crippen LogP contribution in [0.25, 0.3) is 0 Å². The normalized spacial score (nSPS) is 29.0. The third kappa shape index (κ3) is 3.19. The van der Waals surface area contributed by atoms with Gasteiger partial charge in [0.2, 0.25) is 0 Å². The van der Waals surface area contributed by atoms with Crippen LogP contribution in [0.1, 0.15) is 38.8 Å². The fourth-order valence-electron chi connectivity index (χ4n) is 2.37. The predicted molar refractivity (Wildman–Crippen MR) is 66.8 cm³/mol. The molecule has 0 amide bonds. The Morgan fingerprint density at radius 2 is 2.12 bits per heavy atom. The van der Waals surface area contributed by atoms with Crippen LogP contribution in [0.15, 0.2) is 18.3 Å². The molecule has 1 saturated carbocycles. The molecule has 0 bridgehead atoms. The summed E-state index contributed by atoms with van der Waals surface area (Å²) in [6.07, 6.45) is 5.53. The lowest BCUT2D eigenvalue weighted by Crippen LogP contribution is -2.28. The van der Waals surface area contributed by atoms with Crippen molar-refractivity contribution in [1.82, 2.24) is 4.98 Å². The summed E-state index contributed by atoms with van der Waals surface area (Å²) >= 11 is 0. The number of nitrogens with zero attached hydrogens (tertiary/aromatic N) is 1. The molecule has 1 N–H and O–H groups in total.